The van der Waals surface area contributed by atoms with Crippen molar-refractivity contribution in [3.05, 3.63) is 46.5 Å². The second-order valence-corrected chi connectivity index (χ2v) is 4.90. The van der Waals surface area contributed by atoms with E-state index in [1.54, 1.807) is 38.3 Å². The van der Waals surface area contributed by atoms with E-state index in [0.29, 0.717) is 23.8 Å². The predicted molar refractivity (Wildman–Crippen MR) is 87.3 cm³/mol. The monoisotopic (exact) mass is 318 g/mol. The van der Waals surface area contributed by atoms with Crippen molar-refractivity contribution in [1.82, 2.24) is 4.98 Å². The first kappa shape index (κ1) is 16.5. The lowest BCUT2D eigenvalue weighted by Crippen LogP contribution is -2.16. The largest absolute Gasteiger partial charge is 0.497 e. The maximum Gasteiger partial charge on any atom is 0.311 e. The van der Waals surface area contributed by atoms with E-state index in [0.717, 1.165) is 0 Å². The van der Waals surface area contributed by atoms with Crippen LogP contribution in [0.5, 0.6) is 5.75 Å². The Kier molecular flexibility index (Phi) is 5.32. The Morgan fingerprint density at radius 3 is 2.57 bits per heavy atom. The van der Waals surface area contributed by atoms with Crippen molar-refractivity contribution in [2.75, 3.05) is 24.3 Å². The molecule has 0 aliphatic rings. The number of benzene rings is 1. The Labute approximate surface area is 133 Å². The molecule has 0 spiro atoms. The molecule has 0 aliphatic heterocycles. The zero-order valence-electron chi connectivity index (χ0n) is 12.8. The second kappa shape index (κ2) is 7.41. The molecule has 0 saturated heterocycles. The van der Waals surface area contributed by atoms with Gasteiger partial charge in [-0.3, -0.25) is 10.1 Å². The van der Waals surface area contributed by atoms with Crippen molar-refractivity contribution in [3.8, 4) is 5.75 Å². The molecule has 122 valence electrons. The summed E-state index contributed by atoms with van der Waals surface area (Å²) in [4.78, 5) is 14.8. The maximum atomic E-state index is 11.1. The second-order valence-electron chi connectivity index (χ2n) is 4.90. The molecule has 8 heteroatoms. The molecule has 0 fully saturated rings. The third-order valence-electron chi connectivity index (χ3n) is 3.00. The van der Waals surface area contributed by atoms with Gasteiger partial charge in [0.05, 0.1) is 18.1 Å². The zero-order chi connectivity index (χ0) is 16.8. The van der Waals surface area contributed by atoms with Gasteiger partial charge in [0.25, 0.3) is 0 Å². The highest BCUT2D eigenvalue weighted by atomic mass is 16.6. The van der Waals surface area contributed by atoms with Gasteiger partial charge in [-0.15, -0.1) is 0 Å². The normalized spacial score (nSPS) is 11.6. The number of aromatic nitrogens is 1. The fourth-order valence-corrected chi connectivity index (χ4v) is 1.85. The molecule has 0 radical (unpaired) electrons. The number of nitrogens with zero attached hydrogens (tertiary/aromatic N) is 2. The van der Waals surface area contributed by atoms with E-state index in [1.807, 2.05) is 0 Å². The van der Waals surface area contributed by atoms with E-state index in [1.165, 1.54) is 12.1 Å². The third-order valence-corrected chi connectivity index (χ3v) is 3.00. The van der Waals surface area contributed by atoms with Crippen LogP contribution in [0.15, 0.2) is 36.4 Å². The highest BCUT2D eigenvalue weighted by molar-refractivity contribution is 5.68. The van der Waals surface area contributed by atoms with Crippen LogP contribution in [0.3, 0.4) is 0 Å². The molecular weight excluding hydrogens is 300 g/mol. The molecule has 0 bridgehead atoms. The van der Waals surface area contributed by atoms with Gasteiger partial charge >= 0.3 is 5.69 Å². The van der Waals surface area contributed by atoms with Gasteiger partial charge in [-0.2, -0.15) is 0 Å². The first-order chi connectivity index (χ1) is 11.0. The predicted octanol–water partition coefficient (Wildman–Crippen LogP) is 2.53. The zero-order valence-corrected chi connectivity index (χ0v) is 12.8. The Balaban J connectivity index is 2.25. The molecule has 1 aromatic heterocycles. The molecule has 8 nitrogen and oxygen atoms in total. The quantitative estimate of drug-likeness (QED) is 0.531. The highest BCUT2D eigenvalue weighted by Gasteiger charge is 2.16. The molecule has 1 atom stereocenters. The smallest absolute Gasteiger partial charge is 0.311 e. The van der Waals surface area contributed by atoms with Crippen molar-refractivity contribution in [2.45, 2.75) is 13.0 Å². The molecule has 1 heterocycles. The first-order valence-corrected chi connectivity index (χ1v) is 6.98. The van der Waals surface area contributed by atoms with Crippen LogP contribution in [0.25, 0.3) is 0 Å². The van der Waals surface area contributed by atoms with Gasteiger partial charge in [0.2, 0.25) is 5.82 Å². The number of methoxy groups -OCH3 is 1. The number of hydrogen-bond acceptors (Lipinski definition) is 7. The van der Waals surface area contributed by atoms with Gasteiger partial charge in [0.1, 0.15) is 11.6 Å². The van der Waals surface area contributed by atoms with Crippen molar-refractivity contribution >= 4 is 23.0 Å². The van der Waals surface area contributed by atoms with Crippen molar-refractivity contribution in [2.24, 2.45) is 0 Å². The van der Waals surface area contributed by atoms with Crippen LogP contribution >= 0.6 is 0 Å². The van der Waals surface area contributed by atoms with Crippen LogP contribution in [0, 0.1) is 10.1 Å². The minimum atomic E-state index is -0.551. The summed E-state index contributed by atoms with van der Waals surface area (Å²) in [6, 6.07) is 9.82. The van der Waals surface area contributed by atoms with Crippen LogP contribution in [-0.2, 0) is 0 Å². The summed E-state index contributed by atoms with van der Waals surface area (Å²) in [7, 11) is 1.56. The summed E-state index contributed by atoms with van der Waals surface area (Å²) in [6.45, 7) is 1.93. The van der Waals surface area contributed by atoms with E-state index in [2.05, 4.69) is 15.6 Å². The number of aliphatic hydroxyl groups is 1. The van der Waals surface area contributed by atoms with E-state index >= 15 is 0 Å². The fraction of sp³-hybridized carbons (Fsp3) is 0.267. The number of pyridine rings is 1. The molecule has 23 heavy (non-hydrogen) atoms. The van der Waals surface area contributed by atoms with E-state index < -0.39 is 11.0 Å². The van der Waals surface area contributed by atoms with Crippen molar-refractivity contribution in [3.63, 3.8) is 0 Å². The Morgan fingerprint density at radius 2 is 2.00 bits per heavy atom. The highest BCUT2D eigenvalue weighted by Crippen LogP contribution is 2.28. The Bertz CT molecular complexity index is 674. The topological polar surface area (TPSA) is 110 Å². The fourth-order valence-electron chi connectivity index (χ4n) is 1.85. The SMILES string of the molecule is COc1ccc(Nc2nc(NCC(C)O)ccc2[N+](=O)[O-])cc1. The van der Waals surface area contributed by atoms with Crippen LogP contribution in [0.4, 0.5) is 23.0 Å². The number of anilines is 3. The van der Waals surface area contributed by atoms with Gasteiger partial charge in [-0.25, -0.2) is 4.98 Å². The lowest BCUT2D eigenvalue weighted by molar-refractivity contribution is -0.384. The van der Waals surface area contributed by atoms with Gasteiger partial charge in [0, 0.05) is 18.3 Å². The maximum absolute atomic E-state index is 11.1. The van der Waals surface area contributed by atoms with E-state index in [-0.39, 0.29) is 11.5 Å². The summed E-state index contributed by atoms with van der Waals surface area (Å²) in [5, 5.41) is 26.3. The average molecular weight is 318 g/mol. The van der Waals surface area contributed by atoms with Crippen LogP contribution in [-0.4, -0.2) is 34.8 Å². The molecule has 3 N–H and O–H groups in total. The van der Waals surface area contributed by atoms with Gasteiger partial charge < -0.3 is 20.5 Å². The summed E-state index contributed by atoms with van der Waals surface area (Å²) in [6.07, 6.45) is -0.551. The van der Waals surface area contributed by atoms with E-state index in [9.17, 15) is 15.2 Å². The standard InChI is InChI=1S/C15H18N4O4/c1-10(20)9-16-14-8-7-13(19(21)22)15(18-14)17-11-3-5-12(23-2)6-4-11/h3-8,10,20H,9H2,1-2H3,(H2,16,17,18). The minimum absolute atomic E-state index is 0.121. The number of nitrogens with one attached hydrogen (secondary N) is 2. The Hall–Kier alpha value is -2.87. The Morgan fingerprint density at radius 1 is 1.30 bits per heavy atom. The number of nitro groups is 1. The lowest BCUT2D eigenvalue weighted by atomic mass is 10.3. The number of aliphatic hydroxyl groups excluding tert-OH is 1. The van der Waals surface area contributed by atoms with Crippen molar-refractivity contribution < 1.29 is 14.8 Å². The molecule has 1 aromatic carbocycles. The van der Waals surface area contributed by atoms with Crippen LogP contribution in [0.1, 0.15) is 6.92 Å². The van der Waals surface area contributed by atoms with Crippen LogP contribution < -0.4 is 15.4 Å². The summed E-state index contributed by atoms with van der Waals surface area (Å²) in [5.41, 5.74) is 0.512. The third kappa shape index (κ3) is 4.55. The van der Waals surface area contributed by atoms with Gasteiger partial charge in [-0.1, -0.05) is 0 Å². The van der Waals surface area contributed by atoms with Crippen molar-refractivity contribution in [1.29, 1.82) is 0 Å². The summed E-state index contributed by atoms with van der Waals surface area (Å²) >= 11 is 0. The van der Waals surface area contributed by atoms with Gasteiger partial charge in [0.15, 0.2) is 0 Å². The summed E-state index contributed by atoms with van der Waals surface area (Å²) in [5.74, 6) is 1.24. The van der Waals surface area contributed by atoms with E-state index in [4.69, 9.17) is 4.74 Å². The molecule has 0 amide bonds. The molecule has 1 unspecified atom stereocenters. The first-order valence-electron chi connectivity index (χ1n) is 6.98. The summed E-state index contributed by atoms with van der Waals surface area (Å²) < 4.78 is 5.07. The molecule has 2 aromatic rings. The molecule has 2 rings (SSSR count). The molecule has 0 aliphatic carbocycles. The molecule has 0 saturated carbocycles. The minimum Gasteiger partial charge on any atom is -0.497 e. The van der Waals surface area contributed by atoms with Gasteiger partial charge in [-0.05, 0) is 37.3 Å². The number of hydrogen-bond donors (Lipinski definition) is 3. The number of rotatable bonds is 7. The lowest BCUT2D eigenvalue weighted by Gasteiger charge is -2.11. The van der Waals surface area contributed by atoms with Crippen LogP contribution in [0.2, 0.25) is 0 Å². The average Bonchev–Trinajstić information content (AvgIpc) is 2.53. The molecular formula is C15H18N4O4. The number of ether oxygens (including phenoxy) is 1.